The van der Waals surface area contributed by atoms with Gasteiger partial charge < -0.3 is 19.7 Å². The van der Waals surface area contributed by atoms with Crippen molar-refractivity contribution >= 4 is 23.5 Å². The molecular formula is C35H53ClO6. The van der Waals surface area contributed by atoms with E-state index in [4.69, 9.17) is 31.3 Å². The highest BCUT2D eigenvalue weighted by atomic mass is 35.5. The van der Waals surface area contributed by atoms with Crippen LogP contribution in [0.3, 0.4) is 0 Å². The third-order valence-corrected chi connectivity index (χ3v) is 7.26. The number of unbranched alkanes of at least 4 members (excludes halogenated alkanes) is 13. The summed E-state index contributed by atoms with van der Waals surface area (Å²) in [6, 6.07) is 10.4. The highest BCUT2D eigenvalue weighted by molar-refractivity contribution is 6.32. The number of halogens is 1. The Labute approximate surface area is 258 Å². The predicted octanol–water partition coefficient (Wildman–Crippen LogP) is 10.3. The lowest BCUT2D eigenvalue weighted by Crippen LogP contribution is -2.09. The van der Waals surface area contributed by atoms with Gasteiger partial charge in [0.2, 0.25) is 0 Å². The zero-order chi connectivity index (χ0) is 31.0. The molecule has 0 heterocycles. The molecule has 1 atom stereocenters. The molecule has 42 heavy (non-hydrogen) atoms. The molecule has 7 heteroatoms. The first kappa shape index (κ1) is 37.5. The van der Waals surface area contributed by atoms with E-state index in [-0.39, 0.29) is 17.4 Å². The highest BCUT2D eigenvalue weighted by Crippen LogP contribution is 2.26. The number of hydrogen-bond donors (Lipinski definition) is 2. The maximum absolute atomic E-state index is 12.3. The molecule has 0 aromatic heterocycles. The summed E-state index contributed by atoms with van der Waals surface area (Å²) in [7, 11) is 0. The second-order valence-electron chi connectivity index (χ2n) is 10.9. The Morgan fingerprint density at radius 2 is 1.24 bits per heavy atom. The standard InChI is InChI=1S/C26H33ClO5.C9H20O/c1-2-3-4-5-6-7-8-9-10-11-18-31-24-17-14-21(19-23(24)27)26(30)32-22-15-12-20(13-16-22)25(28)29;1-3-4-5-6-7-8-9(2)10/h12-17,19H,2-11,18H2,1H3,(H,28,29);9-10H,3-8H2,1-2H3. The lowest BCUT2D eigenvalue weighted by molar-refractivity contribution is 0.0696. The van der Waals surface area contributed by atoms with E-state index < -0.39 is 11.9 Å². The summed E-state index contributed by atoms with van der Waals surface area (Å²) in [6.45, 7) is 6.91. The van der Waals surface area contributed by atoms with Gasteiger partial charge >= 0.3 is 11.9 Å². The fourth-order valence-electron chi connectivity index (χ4n) is 4.39. The zero-order valence-corrected chi connectivity index (χ0v) is 26.8. The molecule has 1 unspecified atom stereocenters. The van der Waals surface area contributed by atoms with Gasteiger partial charge in [-0.3, -0.25) is 0 Å². The Bertz CT molecular complexity index is 989. The number of carbonyl (C=O) groups excluding carboxylic acids is 1. The van der Waals surface area contributed by atoms with E-state index in [1.165, 1.54) is 114 Å². The summed E-state index contributed by atoms with van der Waals surface area (Å²) in [5.74, 6) is -0.804. The van der Waals surface area contributed by atoms with Crippen LogP contribution in [0.2, 0.25) is 5.02 Å². The second kappa shape index (κ2) is 23.9. The largest absolute Gasteiger partial charge is 0.492 e. The van der Waals surface area contributed by atoms with Crippen LogP contribution >= 0.6 is 11.6 Å². The molecule has 2 aromatic rings. The minimum Gasteiger partial charge on any atom is -0.492 e. The van der Waals surface area contributed by atoms with Crippen molar-refractivity contribution in [2.24, 2.45) is 0 Å². The van der Waals surface area contributed by atoms with Crippen LogP contribution < -0.4 is 9.47 Å². The van der Waals surface area contributed by atoms with Crippen LogP contribution in [0.4, 0.5) is 0 Å². The molecule has 0 aliphatic rings. The molecule has 0 aliphatic carbocycles. The van der Waals surface area contributed by atoms with Crippen molar-refractivity contribution in [3.63, 3.8) is 0 Å². The first-order valence-corrected chi connectivity index (χ1v) is 16.3. The van der Waals surface area contributed by atoms with Crippen LogP contribution in [-0.2, 0) is 0 Å². The molecule has 6 nitrogen and oxygen atoms in total. The summed E-state index contributed by atoms with van der Waals surface area (Å²) in [4.78, 5) is 23.2. The predicted molar refractivity (Wildman–Crippen MR) is 172 cm³/mol. The van der Waals surface area contributed by atoms with E-state index in [2.05, 4.69) is 13.8 Å². The molecule has 0 spiro atoms. The number of carboxylic acid groups (broad SMARTS) is 1. The quantitative estimate of drug-likeness (QED) is 0.0836. The van der Waals surface area contributed by atoms with Crippen LogP contribution in [0, 0.1) is 0 Å². The second-order valence-corrected chi connectivity index (χ2v) is 11.4. The van der Waals surface area contributed by atoms with Crippen molar-refractivity contribution in [1.29, 1.82) is 0 Å². The number of aliphatic hydroxyl groups excluding tert-OH is 1. The molecule has 0 saturated heterocycles. The molecule has 0 radical (unpaired) electrons. The lowest BCUT2D eigenvalue weighted by Gasteiger charge is -2.10. The molecule has 2 N–H and O–H groups in total. The summed E-state index contributed by atoms with van der Waals surface area (Å²) >= 11 is 6.27. The van der Waals surface area contributed by atoms with E-state index in [0.29, 0.717) is 22.9 Å². The fraction of sp³-hybridized carbons (Fsp3) is 0.600. The van der Waals surface area contributed by atoms with Crippen LogP contribution in [0.15, 0.2) is 42.5 Å². The topological polar surface area (TPSA) is 93.1 Å². The van der Waals surface area contributed by atoms with Gasteiger partial charge in [-0.15, -0.1) is 0 Å². The molecule has 0 bridgehead atoms. The van der Waals surface area contributed by atoms with Crippen molar-refractivity contribution in [1.82, 2.24) is 0 Å². The number of aliphatic hydroxyl groups is 1. The van der Waals surface area contributed by atoms with Crippen molar-refractivity contribution < 1.29 is 29.3 Å². The third-order valence-electron chi connectivity index (χ3n) is 6.96. The van der Waals surface area contributed by atoms with Crippen LogP contribution in [0.25, 0.3) is 0 Å². The molecule has 0 fully saturated rings. The Morgan fingerprint density at radius 1 is 0.738 bits per heavy atom. The van der Waals surface area contributed by atoms with Crippen molar-refractivity contribution in [2.75, 3.05) is 6.61 Å². The SMILES string of the molecule is CCCCCCCC(C)O.CCCCCCCCCCCCOc1ccc(C(=O)Oc2ccc(C(=O)O)cc2)cc1Cl. The maximum atomic E-state index is 12.3. The zero-order valence-electron chi connectivity index (χ0n) is 26.0. The molecule has 0 amide bonds. The van der Waals surface area contributed by atoms with Gasteiger partial charge in [0.1, 0.15) is 11.5 Å². The van der Waals surface area contributed by atoms with Crippen LogP contribution in [0.1, 0.15) is 144 Å². The van der Waals surface area contributed by atoms with Gasteiger partial charge in [-0.2, -0.15) is 0 Å². The number of benzene rings is 2. The van der Waals surface area contributed by atoms with Gasteiger partial charge in [-0.25, -0.2) is 9.59 Å². The number of carboxylic acids is 1. The number of hydrogen-bond acceptors (Lipinski definition) is 5. The fourth-order valence-corrected chi connectivity index (χ4v) is 4.63. The number of rotatable bonds is 21. The smallest absolute Gasteiger partial charge is 0.343 e. The summed E-state index contributed by atoms with van der Waals surface area (Å²) in [5, 5.41) is 18.2. The van der Waals surface area contributed by atoms with Crippen LogP contribution in [-0.4, -0.2) is 34.9 Å². The number of ether oxygens (including phenoxy) is 2. The van der Waals surface area contributed by atoms with E-state index in [1.54, 1.807) is 12.1 Å². The summed E-state index contributed by atoms with van der Waals surface area (Å²) in [6.07, 6.45) is 20.0. The minimum absolute atomic E-state index is 0.0957. The Balaban J connectivity index is 0.000000752. The molecular weight excluding hydrogens is 552 g/mol. The van der Waals surface area contributed by atoms with Crippen molar-refractivity contribution in [3.8, 4) is 11.5 Å². The summed E-state index contributed by atoms with van der Waals surface area (Å²) < 4.78 is 11.0. The van der Waals surface area contributed by atoms with E-state index >= 15 is 0 Å². The Hall–Kier alpha value is -2.57. The van der Waals surface area contributed by atoms with Gasteiger partial charge in [-0.1, -0.05) is 115 Å². The van der Waals surface area contributed by atoms with Gasteiger partial charge in [0.05, 0.1) is 28.9 Å². The van der Waals surface area contributed by atoms with Crippen molar-refractivity contribution in [2.45, 2.75) is 130 Å². The maximum Gasteiger partial charge on any atom is 0.343 e. The molecule has 0 saturated carbocycles. The van der Waals surface area contributed by atoms with Gasteiger partial charge in [0.15, 0.2) is 0 Å². The average Bonchev–Trinajstić information content (AvgIpc) is 2.97. The number of aromatic carboxylic acids is 1. The first-order chi connectivity index (χ1) is 20.3. The Kier molecular flexibility index (Phi) is 21.3. The van der Waals surface area contributed by atoms with E-state index in [1.807, 2.05) is 6.92 Å². The molecule has 236 valence electrons. The van der Waals surface area contributed by atoms with Gasteiger partial charge in [0.25, 0.3) is 0 Å². The number of esters is 1. The van der Waals surface area contributed by atoms with E-state index in [9.17, 15) is 9.59 Å². The van der Waals surface area contributed by atoms with E-state index in [0.717, 1.165) is 19.3 Å². The number of carbonyl (C=O) groups is 2. The molecule has 2 aromatic carbocycles. The molecule has 2 rings (SSSR count). The normalized spacial score (nSPS) is 11.4. The minimum atomic E-state index is -1.04. The monoisotopic (exact) mass is 604 g/mol. The lowest BCUT2D eigenvalue weighted by atomic mass is 10.1. The highest BCUT2D eigenvalue weighted by Gasteiger charge is 2.13. The van der Waals surface area contributed by atoms with Gasteiger partial charge in [0, 0.05) is 0 Å². The van der Waals surface area contributed by atoms with Crippen molar-refractivity contribution in [3.05, 3.63) is 58.6 Å². The first-order valence-electron chi connectivity index (χ1n) is 15.9. The Morgan fingerprint density at radius 3 is 1.74 bits per heavy atom. The van der Waals surface area contributed by atoms with Crippen LogP contribution in [0.5, 0.6) is 11.5 Å². The third kappa shape index (κ3) is 18.1. The molecule has 0 aliphatic heterocycles. The average molecular weight is 605 g/mol. The van der Waals surface area contributed by atoms with Gasteiger partial charge in [-0.05, 0) is 62.2 Å². The summed E-state index contributed by atoms with van der Waals surface area (Å²) in [5.41, 5.74) is 0.417.